The Bertz CT molecular complexity index is 999. The van der Waals surface area contributed by atoms with Crippen molar-refractivity contribution in [3.63, 3.8) is 0 Å². The standard InChI is InChI=1S/C17H19NO6S2/c1-13-8-9-15(25(20,21)14-6-4-3-5-7-14)12-16(13)26(22,23)18-11-10-17(19)24-2/h3-9,12,18H,10-11H2,1-2H3. The molecule has 140 valence electrons. The van der Waals surface area contributed by atoms with Gasteiger partial charge in [-0.05, 0) is 36.8 Å². The lowest BCUT2D eigenvalue weighted by molar-refractivity contribution is -0.140. The van der Waals surface area contributed by atoms with Crippen LogP contribution in [0.2, 0.25) is 0 Å². The molecule has 7 nitrogen and oxygen atoms in total. The van der Waals surface area contributed by atoms with Gasteiger partial charge in [0, 0.05) is 6.54 Å². The van der Waals surface area contributed by atoms with Crippen molar-refractivity contribution in [3.8, 4) is 0 Å². The van der Waals surface area contributed by atoms with E-state index in [1.807, 2.05) is 0 Å². The monoisotopic (exact) mass is 397 g/mol. The van der Waals surface area contributed by atoms with E-state index in [0.717, 1.165) is 6.07 Å². The largest absolute Gasteiger partial charge is 0.469 e. The molecule has 0 unspecified atom stereocenters. The first-order valence-electron chi connectivity index (χ1n) is 7.66. The van der Waals surface area contributed by atoms with Crippen LogP contribution in [0.25, 0.3) is 0 Å². The molecule has 0 radical (unpaired) electrons. The lowest BCUT2D eigenvalue weighted by atomic mass is 10.2. The molecule has 26 heavy (non-hydrogen) atoms. The van der Waals surface area contributed by atoms with Gasteiger partial charge in [0.25, 0.3) is 0 Å². The van der Waals surface area contributed by atoms with Gasteiger partial charge in [0.15, 0.2) is 0 Å². The zero-order valence-corrected chi connectivity index (χ0v) is 15.9. The number of methoxy groups -OCH3 is 1. The van der Waals surface area contributed by atoms with E-state index in [1.165, 1.54) is 31.4 Å². The molecule has 0 spiro atoms. The van der Waals surface area contributed by atoms with Crippen LogP contribution in [0.5, 0.6) is 0 Å². The molecule has 0 bridgehead atoms. The molecule has 9 heteroatoms. The zero-order chi connectivity index (χ0) is 19.4. The van der Waals surface area contributed by atoms with Crippen molar-refractivity contribution >= 4 is 25.8 Å². The third-order valence-corrected chi connectivity index (χ3v) is 7.03. The maximum atomic E-state index is 12.7. The number of hydrogen-bond acceptors (Lipinski definition) is 6. The number of carbonyl (C=O) groups is 1. The third-order valence-electron chi connectivity index (χ3n) is 3.66. The fourth-order valence-electron chi connectivity index (χ4n) is 2.24. The quantitative estimate of drug-likeness (QED) is 0.712. The first kappa shape index (κ1) is 20.1. The molecular formula is C17H19NO6S2. The fraction of sp³-hybridized carbons (Fsp3) is 0.235. The van der Waals surface area contributed by atoms with Crippen LogP contribution < -0.4 is 4.72 Å². The molecule has 0 aromatic heterocycles. The van der Waals surface area contributed by atoms with Crippen molar-refractivity contribution in [2.24, 2.45) is 0 Å². The van der Waals surface area contributed by atoms with Gasteiger partial charge in [0.2, 0.25) is 19.9 Å². The Balaban J connectivity index is 2.37. The Morgan fingerprint density at radius 3 is 2.27 bits per heavy atom. The van der Waals surface area contributed by atoms with Crippen molar-refractivity contribution in [3.05, 3.63) is 54.1 Å². The van der Waals surface area contributed by atoms with Crippen LogP contribution in [-0.4, -0.2) is 36.5 Å². The summed E-state index contributed by atoms with van der Waals surface area (Å²) in [6.45, 7) is 1.41. The molecule has 2 aromatic rings. The van der Waals surface area contributed by atoms with Gasteiger partial charge in [-0.25, -0.2) is 21.6 Å². The molecule has 0 saturated carbocycles. The fourth-order valence-corrected chi connectivity index (χ4v) is 4.92. The summed E-state index contributed by atoms with van der Waals surface area (Å²) in [5, 5.41) is 0. The molecule has 1 N–H and O–H groups in total. The Labute approximate surface area is 153 Å². The van der Waals surface area contributed by atoms with Gasteiger partial charge >= 0.3 is 5.97 Å². The first-order valence-corrected chi connectivity index (χ1v) is 10.6. The minimum atomic E-state index is -3.98. The maximum absolute atomic E-state index is 12.7. The number of benzene rings is 2. The van der Waals surface area contributed by atoms with E-state index in [4.69, 9.17) is 0 Å². The number of sulfone groups is 1. The highest BCUT2D eigenvalue weighted by molar-refractivity contribution is 7.91. The number of carbonyl (C=O) groups excluding carboxylic acids is 1. The number of hydrogen-bond donors (Lipinski definition) is 1. The molecule has 0 amide bonds. The molecular weight excluding hydrogens is 378 g/mol. The number of esters is 1. The molecule has 0 fully saturated rings. The van der Waals surface area contributed by atoms with E-state index in [9.17, 15) is 21.6 Å². The van der Waals surface area contributed by atoms with E-state index in [1.54, 1.807) is 25.1 Å². The van der Waals surface area contributed by atoms with Crippen LogP contribution >= 0.6 is 0 Å². The highest BCUT2D eigenvalue weighted by Crippen LogP contribution is 2.25. The molecule has 0 heterocycles. The minimum absolute atomic E-state index is 0.0749. The van der Waals surface area contributed by atoms with E-state index < -0.39 is 25.8 Å². The smallest absolute Gasteiger partial charge is 0.306 e. The summed E-state index contributed by atoms with van der Waals surface area (Å²) < 4.78 is 57.1. The average Bonchev–Trinajstić information content (AvgIpc) is 2.62. The van der Waals surface area contributed by atoms with Crippen molar-refractivity contribution in [1.82, 2.24) is 4.72 Å². The van der Waals surface area contributed by atoms with Crippen LogP contribution in [0.15, 0.2) is 63.2 Å². The average molecular weight is 397 g/mol. The van der Waals surface area contributed by atoms with Crippen molar-refractivity contribution in [2.45, 2.75) is 28.0 Å². The number of rotatable bonds is 7. The predicted octanol–water partition coefficient (Wildman–Crippen LogP) is 1.67. The summed E-state index contributed by atoms with van der Waals surface area (Å²) in [5.74, 6) is -0.551. The molecule has 0 aliphatic rings. The SMILES string of the molecule is COC(=O)CCNS(=O)(=O)c1cc(S(=O)(=O)c2ccccc2)ccc1C. The zero-order valence-electron chi connectivity index (χ0n) is 14.3. The molecule has 0 aliphatic heterocycles. The van der Waals surface area contributed by atoms with Gasteiger partial charge in [-0.15, -0.1) is 0 Å². The predicted molar refractivity (Wildman–Crippen MR) is 94.9 cm³/mol. The lowest BCUT2D eigenvalue weighted by Gasteiger charge is -2.11. The van der Waals surface area contributed by atoms with Crippen molar-refractivity contribution in [2.75, 3.05) is 13.7 Å². The number of sulfonamides is 1. The van der Waals surface area contributed by atoms with Gasteiger partial charge in [-0.1, -0.05) is 24.3 Å². The topological polar surface area (TPSA) is 107 Å². The number of aryl methyl sites for hydroxylation is 1. The summed E-state index contributed by atoms with van der Waals surface area (Å²) in [4.78, 5) is 10.9. The molecule has 2 rings (SSSR count). The van der Waals surface area contributed by atoms with E-state index in [0.29, 0.717) is 5.56 Å². The van der Waals surface area contributed by atoms with Crippen molar-refractivity contribution < 1.29 is 26.4 Å². The Morgan fingerprint density at radius 1 is 1.00 bits per heavy atom. The second-order valence-corrected chi connectivity index (χ2v) is 9.15. The molecule has 0 saturated heterocycles. The van der Waals surface area contributed by atoms with Crippen LogP contribution in [0, 0.1) is 6.92 Å². The van der Waals surface area contributed by atoms with Crippen LogP contribution in [0.3, 0.4) is 0 Å². The van der Waals surface area contributed by atoms with Gasteiger partial charge in [-0.2, -0.15) is 0 Å². The van der Waals surface area contributed by atoms with E-state index in [-0.39, 0.29) is 27.7 Å². The first-order chi connectivity index (χ1) is 12.2. The van der Waals surface area contributed by atoms with E-state index >= 15 is 0 Å². The second-order valence-electron chi connectivity index (χ2n) is 5.47. The summed E-state index contributed by atoms with van der Waals surface area (Å²) in [5.41, 5.74) is 0.391. The maximum Gasteiger partial charge on any atom is 0.306 e. The lowest BCUT2D eigenvalue weighted by Crippen LogP contribution is -2.27. The summed E-state index contributed by atoms with van der Waals surface area (Å²) in [6, 6.07) is 11.7. The Hall–Kier alpha value is -2.23. The van der Waals surface area contributed by atoms with Crippen LogP contribution in [0.4, 0.5) is 0 Å². The van der Waals surface area contributed by atoms with Gasteiger partial charge in [-0.3, -0.25) is 4.79 Å². The molecule has 0 atom stereocenters. The van der Waals surface area contributed by atoms with Gasteiger partial charge in [0.1, 0.15) is 0 Å². The highest BCUT2D eigenvalue weighted by atomic mass is 32.2. The molecule has 2 aromatic carbocycles. The molecule has 0 aliphatic carbocycles. The third kappa shape index (κ3) is 4.48. The Morgan fingerprint density at radius 2 is 1.65 bits per heavy atom. The minimum Gasteiger partial charge on any atom is -0.469 e. The van der Waals surface area contributed by atoms with Gasteiger partial charge in [0.05, 0.1) is 28.2 Å². The van der Waals surface area contributed by atoms with Crippen LogP contribution in [0.1, 0.15) is 12.0 Å². The van der Waals surface area contributed by atoms with Crippen LogP contribution in [-0.2, 0) is 29.4 Å². The second kappa shape index (κ2) is 7.98. The number of ether oxygens (including phenoxy) is 1. The highest BCUT2D eigenvalue weighted by Gasteiger charge is 2.23. The summed E-state index contributed by atoms with van der Waals surface area (Å²) in [7, 11) is -6.62. The van der Waals surface area contributed by atoms with Gasteiger partial charge < -0.3 is 4.74 Å². The van der Waals surface area contributed by atoms with Crippen molar-refractivity contribution in [1.29, 1.82) is 0 Å². The summed E-state index contributed by atoms with van der Waals surface area (Å²) in [6.07, 6.45) is -0.128. The summed E-state index contributed by atoms with van der Waals surface area (Å²) >= 11 is 0. The Kier molecular flexibility index (Phi) is 6.17. The normalized spacial score (nSPS) is 11.9. The van der Waals surface area contributed by atoms with E-state index in [2.05, 4.69) is 9.46 Å². The number of nitrogens with one attached hydrogen (secondary N) is 1.